The Balaban J connectivity index is 2.98. The number of carboxylic acids is 1. The molecule has 10 nitrogen and oxygen atoms in total. The second-order valence-electron chi connectivity index (χ2n) is 5.74. The van der Waals surface area contributed by atoms with Gasteiger partial charge in [0.2, 0.25) is 6.29 Å². The van der Waals surface area contributed by atoms with Crippen molar-refractivity contribution in [3.8, 4) is 0 Å². The second-order valence-corrected chi connectivity index (χ2v) is 5.74. The van der Waals surface area contributed by atoms with Crippen LogP contribution in [0, 0.1) is 11.8 Å². The van der Waals surface area contributed by atoms with Gasteiger partial charge in [-0.15, -0.1) is 6.58 Å². The molecule has 0 saturated carbocycles. The normalized spacial score (nSPS) is 22.5. The van der Waals surface area contributed by atoms with Crippen LogP contribution in [0.2, 0.25) is 0 Å². The number of aliphatic carboxylic acids is 1. The molecule has 27 heavy (non-hydrogen) atoms. The molecular formula is C17H23NO9. The van der Waals surface area contributed by atoms with Crippen molar-refractivity contribution in [3.05, 3.63) is 24.5 Å². The van der Waals surface area contributed by atoms with Gasteiger partial charge in [0.05, 0.1) is 38.4 Å². The summed E-state index contributed by atoms with van der Waals surface area (Å²) >= 11 is 0. The Morgan fingerprint density at radius 1 is 1.33 bits per heavy atom. The lowest BCUT2D eigenvalue weighted by Gasteiger charge is -2.34. The van der Waals surface area contributed by atoms with E-state index in [2.05, 4.69) is 16.1 Å². The van der Waals surface area contributed by atoms with Crippen LogP contribution in [0.5, 0.6) is 0 Å². The van der Waals surface area contributed by atoms with Crippen molar-refractivity contribution in [2.45, 2.75) is 31.6 Å². The van der Waals surface area contributed by atoms with Gasteiger partial charge in [-0.3, -0.25) is 14.4 Å². The Hall–Kier alpha value is -2.88. The van der Waals surface area contributed by atoms with E-state index in [0.717, 1.165) is 6.26 Å². The summed E-state index contributed by atoms with van der Waals surface area (Å²) in [6.45, 7) is 3.64. The molecule has 0 aromatic rings. The van der Waals surface area contributed by atoms with Crippen LogP contribution in [0.4, 0.5) is 0 Å². The summed E-state index contributed by atoms with van der Waals surface area (Å²) in [6.07, 6.45) is 0.619. The third-order valence-electron chi connectivity index (χ3n) is 4.02. The fourth-order valence-electron chi connectivity index (χ4n) is 2.52. The third-order valence-corrected chi connectivity index (χ3v) is 4.02. The number of carboxylic acid groups (broad SMARTS) is 1. The zero-order valence-electron chi connectivity index (χ0n) is 15.1. The van der Waals surface area contributed by atoms with Crippen molar-refractivity contribution >= 4 is 23.9 Å². The van der Waals surface area contributed by atoms with Crippen molar-refractivity contribution in [2.75, 3.05) is 14.2 Å². The van der Waals surface area contributed by atoms with E-state index in [9.17, 15) is 19.2 Å². The zero-order chi connectivity index (χ0) is 20.6. The lowest BCUT2D eigenvalue weighted by Crippen LogP contribution is -2.42. The van der Waals surface area contributed by atoms with Crippen LogP contribution in [0.15, 0.2) is 24.5 Å². The highest BCUT2D eigenvalue weighted by Gasteiger charge is 2.41. The van der Waals surface area contributed by atoms with Gasteiger partial charge in [-0.05, 0) is 6.42 Å². The lowest BCUT2D eigenvalue weighted by atomic mass is 9.81. The predicted octanol–water partition coefficient (Wildman–Crippen LogP) is 0.116. The summed E-state index contributed by atoms with van der Waals surface area (Å²) in [5, 5.41) is 8.65. The first-order valence-corrected chi connectivity index (χ1v) is 8.06. The molecule has 150 valence electrons. The van der Waals surface area contributed by atoms with Gasteiger partial charge < -0.3 is 29.8 Å². The molecule has 1 heterocycles. The van der Waals surface area contributed by atoms with Gasteiger partial charge in [0, 0.05) is 12.3 Å². The third kappa shape index (κ3) is 6.10. The molecule has 1 aliphatic heterocycles. The number of methoxy groups -OCH3 is 2. The molecule has 10 heteroatoms. The average molecular weight is 385 g/mol. The minimum absolute atomic E-state index is 0.0651. The first kappa shape index (κ1) is 22.2. The minimum atomic E-state index is -1.20. The largest absolute Gasteiger partial charge is 0.481 e. The van der Waals surface area contributed by atoms with Crippen molar-refractivity contribution in [1.82, 2.24) is 0 Å². The van der Waals surface area contributed by atoms with Gasteiger partial charge in [0.1, 0.15) is 6.04 Å². The van der Waals surface area contributed by atoms with Gasteiger partial charge in [-0.1, -0.05) is 6.08 Å². The van der Waals surface area contributed by atoms with E-state index in [4.69, 9.17) is 20.3 Å². The molecule has 3 unspecified atom stereocenters. The summed E-state index contributed by atoms with van der Waals surface area (Å²) in [5.74, 6) is -4.80. The monoisotopic (exact) mass is 385 g/mol. The van der Waals surface area contributed by atoms with Gasteiger partial charge in [0.15, 0.2) is 0 Å². The summed E-state index contributed by atoms with van der Waals surface area (Å²) in [6, 6.07) is -1.17. The molecule has 0 bridgehead atoms. The molecule has 4 atom stereocenters. The summed E-state index contributed by atoms with van der Waals surface area (Å²) in [7, 11) is 2.37. The molecule has 0 aromatic heterocycles. The van der Waals surface area contributed by atoms with Crippen molar-refractivity contribution in [2.24, 2.45) is 17.6 Å². The fourth-order valence-corrected chi connectivity index (χ4v) is 2.52. The smallest absolute Gasteiger partial charge is 0.337 e. The molecule has 0 amide bonds. The molecule has 0 radical (unpaired) electrons. The first-order valence-electron chi connectivity index (χ1n) is 8.06. The van der Waals surface area contributed by atoms with Crippen LogP contribution in [0.1, 0.15) is 19.3 Å². The molecule has 0 spiro atoms. The molecule has 3 N–H and O–H groups in total. The fraction of sp³-hybridized carbons (Fsp3) is 0.529. The molecular weight excluding hydrogens is 362 g/mol. The highest BCUT2D eigenvalue weighted by molar-refractivity contribution is 5.90. The van der Waals surface area contributed by atoms with E-state index in [-0.39, 0.29) is 24.8 Å². The van der Waals surface area contributed by atoms with E-state index in [0.29, 0.717) is 0 Å². The van der Waals surface area contributed by atoms with Gasteiger partial charge in [-0.25, -0.2) is 4.79 Å². The SMILES string of the molecule is C=CC1C(OC(=O)[C@@H](N)CCC(=O)O)OC=C(C(=O)OC)C1CC(=O)OC. The van der Waals surface area contributed by atoms with Crippen LogP contribution in [0.25, 0.3) is 0 Å². The van der Waals surface area contributed by atoms with E-state index in [1.165, 1.54) is 20.3 Å². The molecule has 0 aliphatic carbocycles. The van der Waals surface area contributed by atoms with Gasteiger partial charge >= 0.3 is 23.9 Å². The maximum atomic E-state index is 12.1. The predicted molar refractivity (Wildman–Crippen MR) is 89.7 cm³/mol. The molecule has 1 aliphatic rings. The lowest BCUT2D eigenvalue weighted by molar-refractivity contribution is -0.184. The quantitative estimate of drug-likeness (QED) is 0.318. The number of esters is 3. The highest BCUT2D eigenvalue weighted by Crippen LogP contribution is 2.35. The Labute approximate surface area is 155 Å². The number of hydrogen-bond acceptors (Lipinski definition) is 9. The number of ether oxygens (including phenoxy) is 4. The summed E-state index contributed by atoms with van der Waals surface area (Å²) < 4.78 is 19.8. The van der Waals surface area contributed by atoms with Crippen LogP contribution in [-0.4, -0.2) is 55.5 Å². The van der Waals surface area contributed by atoms with E-state index >= 15 is 0 Å². The van der Waals surface area contributed by atoms with E-state index < -0.39 is 48.0 Å². The van der Waals surface area contributed by atoms with Gasteiger partial charge in [-0.2, -0.15) is 0 Å². The standard InChI is InChI=1S/C17H23NO9/c1-4-9-10(7-14(21)24-2)11(15(22)25-3)8-26-17(9)27-16(23)12(18)5-6-13(19)20/h4,8-10,12,17H,1,5-7,18H2,2-3H3,(H,19,20)/t9?,10?,12-,17?/m0/s1. The topological polar surface area (TPSA) is 151 Å². The Kier molecular flexibility index (Phi) is 8.46. The molecule has 0 fully saturated rings. The number of rotatable bonds is 9. The number of carbonyl (C=O) groups is 4. The summed E-state index contributed by atoms with van der Waals surface area (Å²) in [4.78, 5) is 46.3. The molecule has 1 rings (SSSR count). The first-order chi connectivity index (χ1) is 12.7. The molecule has 0 saturated heterocycles. The average Bonchev–Trinajstić information content (AvgIpc) is 2.65. The van der Waals surface area contributed by atoms with Crippen LogP contribution < -0.4 is 5.73 Å². The second kappa shape index (κ2) is 10.3. The van der Waals surface area contributed by atoms with Crippen molar-refractivity contribution in [3.63, 3.8) is 0 Å². The van der Waals surface area contributed by atoms with E-state index in [1.54, 1.807) is 0 Å². The van der Waals surface area contributed by atoms with Crippen LogP contribution >= 0.6 is 0 Å². The van der Waals surface area contributed by atoms with Crippen LogP contribution in [0.3, 0.4) is 0 Å². The Bertz CT molecular complexity index is 628. The van der Waals surface area contributed by atoms with Gasteiger partial charge in [0.25, 0.3) is 0 Å². The van der Waals surface area contributed by atoms with Crippen LogP contribution in [-0.2, 0) is 38.1 Å². The maximum Gasteiger partial charge on any atom is 0.337 e. The number of nitrogens with two attached hydrogens (primary N) is 1. The highest BCUT2D eigenvalue weighted by atomic mass is 16.7. The number of hydrogen-bond donors (Lipinski definition) is 2. The number of carbonyl (C=O) groups excluding carboxylic acids is 3. The maximum absolute atomic E-state index is 12.1. The van der Waals surface area contributed by atoms with Crippen molar-refractivity contribution < 1.29 is 43.2 Å². The van der Waals surface area contributed by atoms with E-state index in [1.807, 2.05) is 0 Å². The molecule has 0 aromatic carbocycles. The zero-order valence-corrected chi connectivity index (χ0v) is 15.1. The Morgan fingerprint density at radius 2 is 2.00 bits per heavy atom. The summed E-state index contributed by atoms with van der Waals surface area (Å²) in [5.41, 5.74) is 5.69. The van der Waals surface area contributed by atoms with Crippen molar-refractivity contribution in [1.29, 1.82) is 0 Å². The minimum Gasteiger partial charge on any atom is -0.481 e. The Morgan fingerprint density at radius 3 is 2.52 bits per heavy atom.